The van der Waals surface area contributed by atoms with Gasteiger partial charge in [0.05, 0.1) is 30.3 Å². The second-order valence-electron chi connectivity index (χ2n) is 5.23. The number of halogens is 1. The Morgan fingerprint density at radius 2 is 2.26 bits per heavy atom. The van der Waals surface area contributed by atoms with Gasteiger partial charge in [-0.25, -0.2) is 8.42 Å². The van der Waals surface area contributed by atoms with Gasteiger partial charge in [0.25, 0.3) is 0 Å². The molecule has 2 heterocycles. The zero-order valence-corrected chi connectivity index (χ0v) is 15.1. The van der Waals surface area contributed by atoms with Crippen LogP contribution in [0.3, 0.4) is 0 Å². The lowest BCUT2D eigenvalue weighted by Gasteiger charge is -2.05. The van der Waals surface area contributed by atoms with Crippen LogP contribution in [0, 0.1) is 0 Å². The van der Waals surface area contributed by atoms with Gasteiger partial charge in [0, 0.05) is 38.1 Å². The Morgan fingerprint density at radius 1 is 1.43 bits per heavy atom. The van der Waals surface area contributed by atoms with E-state index in [1.54, 1.807) is 18.3 Å². The fraction of sp³-hybridized carbons (Fsp3) is 0.357. The topological polar surface area (TPSA) is 72.7 Å². The number of hydrogen-bond donors (Lipinski definition) is 1. The summed E-state index contributed by atoms with van der Waals surface area (Å²) in [5.41, 5.74) is 0.816. The first kappa shape index (κ1) is 16.7. The molecule has 1 aromatic carbocycles. The number of fused-ring (bicyclic) bond motifs is 1. The molecule has 2 aromatic rings. The van der Waals surface area contributed by atoms with E-state index in [1.807, 2.05) is 10.6 Å². The molecule has 23 heavy (non-hydrogen) atoms. The summed E-state index contributed by atoms with van der Waals surface area (Å²) in [6, 6.07) is 5.27. The van der Waals surface area contributed by atoms with Crippen LogP contribution in [0.4, 0.5) is 0 Å². The maximum absolute atomic E-state index is 12.6. The second kappa shape index (κ2) is 6.77. The predicted octanol–water partition coefficient (Wildman–Crippen LogP) is 1.88. The maximum Gasteiger partial charge on any atom is 0.182 e. The van der Waals surface area contributed by atoms with Crippen LogP contribution in [0.5, 0.6) is 0 Å². The van der Waals surface area contributed by atoms with E-state index in [2.05, 4.69) is 19.8 Å². The summed E-state index contributed by atoms with van der Waals surface area (Å²) in [7, 11) is -1.39. The molecule has 0 radical (unpaired) electrons. The average molecular weight is 374 g/mol. The normalized spacial score (nSPS) is 15.0. The summed E-state index contributed by atoms with van der Waals surface area (Å²) in [6.45, 7) is 2.19. The van der Waals surface area contributed by atoms with Crippen LogP contribution < -0.4 is 5.32 Å². The van der Waals surface area contributed by atoms with Crippen LogP contribution in [-0.2, 0) is 20.9 Å². The standard InChI is InChI=1S/C14H17ClN3O3PS/c15-10-1-2-12-11(7-10)13(23(19,20)6-5-21-22)8-18(12)9-14-16-3-4-17-14/h1-2,7-8H,3-6,9,22H2,(H,16,17). The van der Waals surface area contributed by atoms with Crippen molar-refractivity contribution >= 4 is 47.6 Å². The summed E-state index contributed by atoms with van der Waals surface area (Å²) < 4.78 is 31.9. The van der Waals surface area contributed by atoms with Crippen molar-refractivity contribution in [1.82, 2.24) is 9.88 Å². The molecular formula is C14H17ClN3O3PS. The second-order valence-corrected chi connectivity index (χ2v) is 8.07. The van der Waals surface area contributed by atoms with Gasteiger partial charge in [0.2, 0.25) is 0 Å². The molecular weight excluding hydrogens is 357 g/mol. The molecule has 0 saturated heterocycles. The molecule has 124 valence electrons. The number of rotatable bonds is 6. The van der Waals surface area contributed by atoms with Gasteiger partial charge in [-0.1, -0.05) is 11.6 Å². The Bertz CT molecular complexity index is 864. The Morgan fingerprint density at radius 3 is 2.96 bits per heavy atom. The molecule has 0 fully saturated rings. The van der Waals surface area contributed by atoms with Crippen molar-refractivity contribution in [2.24, 2.45) is 4.99 Å². The third-order valence-electron chi connectivity index (χ3n) is 3.68. The van der Waals surface area contributed by atoms with Crippen molar-refractivity contribution in [2.75, 3.05) is 25.4 Å². The number of benzene rings is 1. The number of hydrogen-bond acceptors (Lipinski definition) is 5. The summed E-state index contributed by atoms with van der Waals surface area (Å²) in [6.07, 6.45) is 1.65. The first-order valence-corrected chi connectivity index (χ1v) is 9.61. The Hall–Kier alpha value is -1.14. The van der Waals surface area contributed by atoms with Crippen molar-refractivity contribution in [2.45, 2.75) is 11.4 Å². The highest BCUT2D eigenvalue weighted by molar-refractivity contribution is 7.91. The van der Waals surface area contributed by atoms with E-state index >= 15 is 0 Å². The minimum atomic E-state index is -3.46. The molecule has 0 saturated carbocycles. The predicted molar refractivity (Wildman–Crippen MR) is 95.0 cm³/mol. The summed E-state index contributed by atoms with van der Waals surface area (Å²) in [4.78, 5) is 4.64. The van der Waals surface area contributed by atoms with Crippen LogP contribution in [0.1, 0.15) is 0 Å². The number of nitrogens with zero attached hydrogens (tertiary/aromatic N) is 2. The van der Waals surface area contributed by atoms with E-state index in [0.29, 0.717) is 17.0 Å². The van der Waals surface area contributed by atoms with Gasteiger partial charge in [-0.2, -0.15) is 0 Å². The largest absolute Gasteiger partial charge is 0.370 e. The van der Waals surface area contributed by atoms with Gasteiger partial charge in [-0.3, -0.25) is 4.99 Å². The lowest BCUT2D eigenvalue weighted by molar-refractivity contribution is 0.399. The lowest BCUT2D eigenvalue weighted by atomic mass is 10.2. The minimum absolute atomic E-state index is 0.0820. The molecule has 9 heteroatoms. The minimum Gasteiger partial charge on any atom is -0.370 e. The molecule has 0 amide bonds. The first-order valence-electron chi connectivity index (χ1n) is 7.11. The van der Waals surface area contributed by atoms with Crippen LogP contribution in [-0.4, -0.2) is 44.3 Å². The maximum atomic E-state index is 12.6. The number of nitrogens with one attached hydrogen (secondary N) is 1. The van der Waals surface area contributed by atoms with E-state index in [9.17, 15) is 8.42 Å². The van der Waals surface area contributed by atoms with Crippen LogP contribution in [0.15, 0.2) is 34.3 Å². The van der Waals surface area contributed by atoms with E-state index < -0.39 is 9.84 Å². The third kappa shape index (κ3) is 3.53. The van der Waals surface area contributed by atoms with Crippen molar-refractivity contribution in [1.29, 1.82) is 0 Å². The highest BCUT2D eigenvalue weighted by Crippen LogP contribution is 2.29. The Balaban J connectivity index is 2.08. The van der Waals surface area contributed by atoms with E-state index in [1.165, 1.54) is 0 Å². The zero-order chi connectivity index (χ0) is 16.4. The lowest BCUT2D eigenvalue weighted by Crippen LogP contribution is -2.23. The van der Waals surface area contributed by atoms with Gasteiger partial charge in [-0.05, 0) is 18.2 Å². The third-order valence-corrected chi connectivity index (χ3v) is 5.85. The fourth-order valence-electron chi connectivity index (χ4n) is 2.60. The summed E-state index contributed by atoms with van der Waals surface area (Å²) >= 11 is 6.06. The molecule has 1 unspecified atom stereocenters. The van der Waals surface area contributed by atoms with Gasteiger partial charge in [-0.15, -0.1) is 0 Å². The van der Waals surface area contributed by atoms with Crippen molar-refractivity contribution in [3.63, 3.8) is 0 Å². The Kier molecular flexibility index (Phi) is 4.92. The SMILES string of the molecule is O=S(=O)(CCOP)c1cn(CC2=NCCN2)c2ccc(Cl)cc12. The molecule has 1 aromatic heterocycles. The molecule has 3 rings (SSSR count). The average Bonchev–Trinajstić information content (AvgIpc) is 3.14. The zero-order valence-electron chi connectivity index (χ0n) is 12.3. The first-order chi connectivity index (χ1) is 11.0. The van der Waals surface area contributed by atoms with Gasteiger partial charge in [0.15, 0.2) is 9.84 Å². The fourth-order valence-corrected chi connectivity index (χ4v) is 4.38. The molecule has 0 bridgehead atoms. The van der Waals surface area contributed by atoms with Crippen LogP contribution in [0.25, 0.3) is 10.9 Å². The molecule has 6 nitrogen and oxygen atoms in total. The van der Waals surface area contributed by atoms with Crippen molar-refractivity contribution in [3.05, 3.63) is 29.4 Å². The highest BCUT2D eigenvalue weighted by atomic mass is 35.5. The van der Waals surface area contributed by atoms with Gasteiger partial charge in [0.1, 0.15) is 5.84 Å². The molecule has 0 spiro atoms. The molecule has 0 aliphatic carbocycles. The number of aromatic nitrogens is 1. The number of aliphatic imine (C=N–C) groups is 1. The highest BCUT2D eigenvalue weighted by Gasteiger charge is 2.22. The smallest absolute Gasteiger partial charge is 0.182 e. The molecule has 1 aliphatic heterocycles. The number of sulfone groups is 1. The van der Waals surface area contributed by atoms with E-state index in [4.69, 9.17) is 16.1 Å². The number of amidine groups is 1. The molecule has 1 aliphatic rings. The monoisotopic (exact) mass is 373 g/mol. The van der Waals surface area contributed by atoms with Crippen molar-refractivity contribution in [3.8, 4) is 0 Å². The summed E-state index contributed by atoms with van der Waals surface area (Å²) in [5.74, 6) is 0.774. The molecule has 1 N–H and O–H groups in total. The van der Waals surface area contributed by atoms with Crippen molar-refractivity contribution < 1.29 is 12.9 Å². The Labute approximate surface area is 142 Å². The van der Waals surface area contributed by atoms with Crippen LogP contribution in [0.2, 0.25) is 5.02 Å². The van der Waals surface area contributed by atoms with E-state index in [-0.39, 0.29) is 17.3 Å². The molecule has 1 atom stereocenters. The van der Waals surface area contributed by atoms with Gasteiger partial charge < -0.3 is 14.4 Å². The van der Waals surface area contributed by atoms with Gasteiger partial charge >= 0.3 is 0 Å². The van der Waals surface area contributed by atoms with E-state index in [0.717, 1.165) is 24.4 Å². The quantitative estimate of drug-likeness (QED) is 0.785. The summed E-state index contributed by atoms with van der Waals surface area (Å²) in [5, 5.41) is 4.32. The van der Waals surface area contributed by atoms with Crippen LogP contribution >= 0.6 is 21.1 Å².